The number of nitrogens with one attached hydrogen (secondary N) is 2. The number of hydrogen-bond donors (Lipinski definition) is 2. The molecule has 0 atom stereocenters. The van der Waals surface area contributed by atoms with Crippen LogP contribution in [0.25, 0.3) is 0 Å². The monoisotopic (exact) mass is 401 g/mol. The van der Waals surface area contributed by atoms with Crippen molar-refractivity contribution in [3.8, 4) is 0 Å². The lowest BCUT2D eigenvalue weighted by atomic mass is 10.1. The SMILES string of the molecule is COCCNc1ccc([N+](=O)[O-])cc1C(=O)OCC(=O)Nc1cc(C)cc(C)c1. The lowest BCUT2D eigenvalue weighted by Crippen LogP contribution is -2.22. The van der Waals surface area contributed by atoms with Crippen molar-refractivity contribution in [2.75, 3.05) is 37.5 Å². The van der Waals surface area contributed by atoms with Crippen molar-refractivity contribution in [3.63, 3.8) is 0 Å². The van der Waals surface area contributed by atoms with Gasteiger partial charge in [-0.3, -0.25) is 14.9 Å². The van der Waals surface area contributed by atoms with E-state index in [0.717, 1.165) is 17.2 Å². The molecule has 0 aliphatic carbocycles. The average molecular weight is 401 g/mol. The van der Waals surface area contributed by atoms with E-state index in [1.807, 2.05) is 19.9 Å². The number of carbonyl (C=O) groups is 2. The first-order valence-electron chi connectivity index (χ1n) is 8.86. The molecule has 2 N–H and O–H groups in total. The van der Waals surface area contributed by atoms with Gasteiger partial charge in [0.25, 0.3) is 11.6 Å². The molecule has 154 valence electrons. The van der Waals surface area contributed by atoms with Crippen molar-refractivity contribution >= 4 is 28.9 Å². The third kappa shape index (κ3) is 6.58. The molecule has 0 spiro atoms. The molecule has 0 saturated carbocycles. The number of nitro groups is 1. The van der Waals surface area contributed by atoms with Crippen molar-refractivity contribution in [2.24, 2.45) is 0 Å². The number of esters is 1. The fourth-order valence-corrected chi connectivity index (χ4v) is 2.71. The number of anilines is 2. The van der Waals surface area contributed by atoms with Gasteiger partial charge in [0, 0.05) is 37.2 Å². The number of amides is 1. The van der Waals surface area contributed by atoms with Gasteiger partial charge in [-0.25, -0.2) is 4.79 Å². The number of non-ortho nitro benzene ring substituents is 1. The van der Waals surface area contributed by atoms with Crippen LogP contribution in [0.4, 0.5) is 17.1 Å². The smallest absolute Gasteiger partial charge is 0.341 e. The summed E-state index contributed by atoms with van der Waals surface area (Å²) in [5, 5.41) is 16.6. The number of rotatable bonds is 9. The van der Waals surface area contributed by atoms with Crippen molar-refractivity contribution in [3.05, 3.63) is 63.2 Å². The molecule has 9 heteroatoms. The van der Waals surface area contributed by atoms with Crippen LogP contribution < -0.4 is 10.6 Å². The van der Waals surface area contributed by atoms with Crippen LogP contribution in [0.2, 0.25) is 0 Å². The number of benzene rings is 2. The largest absolute Gasteiger partial charge is 0.452 e. The van der Waals surface area contributed by atoms with E-state index in [2.05, 4.69) is 10.6 Å². The van der Waals surface area contributed by atoms with E-state index in [0.29, 0.717) is 24.5 Å². The Morgan fingerprint density at radius 3 is 2.41 bits per heavy atom. The van der Waals surface area contributed by atoms with E-state index in [1.165, 1.54) is 19.2 Å². The zero-order valence-corrected chi connectivity index (χ0v) is 16.5. The van der Waals surface area contributed by atoms with Gasteiger partial charge in [-0.2, -0.15) is 0 Å². The van der Waals surface area contributed by atoms with Crippen molar-refractivity contribution in [2.45, 2.75) is 13.8 Å². The summed E-state index contributed by atoms with van der Waals surface area (Å²) in [6, 6.07) is 9.37. The maximum absolute atomic E-state index is 12.4. The molecule has 0 bridgehead atoms. The van der Waals surface area contributed by atoms with Crippen LogP contribution in [0.15, 0.2) is 36.4 Å². The van der Waals surface area contributed by atoms with Gasteiger partial charge in [0.1, 0.15) is 0 Å². The molecule has 9 nitrogen and oxygen atoms in total. The maximum Gasteiger partial charge on any atom is 0.341 e. The van der Waals surface area contributed by atoms with Crippen LogP contribution in [-0.4, -0.2) is 43.7 Å². The van der Waals surface area contributed by atoms with Gasteiger partial charge in [0.2, 0.25) is 0 Å². The van der Waals surface area contributed by atoms with Crippen molar-refractivity contribution in [1.29, 1.82) is 0 Å². The number of aryl methyl sites for hydroxylation is 2. The Balaban J connectivity index is 2.06. The van der Waals surface area contributed by atoms with Gasteiger partial charge < -0.3 is 20.1 Å². The highest BCUT2D eigenvalue weighted by Gasteiger charge is 2.19. The Bertz CT molecular complexity index is 893. The summed E-state index contributed by atoms with van der Waals surface area (Å²) in [6.45, 7) is 4.06. The minimum atomic E-state index is -0.843. The Morgan fingerprint density at radius 2 is 1.79 bits per heavy atom. The summed E-state index contributed by atoms with van der Waals surface area (Å²) < 4.78 is 10.00. The Labute approximate surface area is 168 Å². The van der Waals surface area contributed by atoms with Crippen LogP contribution in [0.5, 0.6) is 0 Å². The van der Waals surface area contributed by atoms with Gasteiger partial charge in [-0.15, -0.1) is 0 Å². The molecular weight excluding hydrogens is 378 g/mol. The van der Waals surface area contributed by atoms with E-state index in [9.17, 15) is 19.7 Å². The summed E-state index contributed by atoms with van der Waals surface area (Å²) in [6.07, 6.45) is 0. The molecule has 0 aliphatic rings. The fourth-order valence-electron chi connectivity index (χ4n) is 2.71. The number of ether oxygens (including phenoxy) is 2. The van der Waals surface area contributed by atoms with Gasteiger partial charge in [-0.1, -0.05) is 6.07 Å². The third-order valence-electron chi connectivity index (χ3n) is 3.90. The molecule has 0 aliphatic heterocycles. The Morgan fingerprint density at radius 1 is 1.10 bits per heavy atom. The van der Waals surface area contributed by atoms with E-state index in [-0.39, 0.29) is 11.3 Å². The second kappa shape index (κ2) is 10.2. The first-order chi connectivity index (χ1) is 13.8. The van der Waals surface area contributed by atoms with Crippen LogP contribution in [0.1, 0.15) is 21.5 Å². The quantitative estimate of drug-likeness (QED) is 0.287. The standard InChI is InChI=1S/C20H23N3O6/c1-13-8-14(2)10-15(9-13)22-19(24)12-29-20(25)17-11-16(23(26)27)4-5-18(17)21-6-7-28-3/h4-5,8-11,21H,6-7,12H2,1-3H3,(H,22,24). The summed E-state index contributed by atoms with van der Waals surface area (Å²) in [5.41, 5.74) is 2.64. The molecule has 0 saturated heterocycles. The molecule has 2 rings (SSSR count). The van der Waals surface area contributed by atoms with Gasteiger partial charge >= 0.3 is 5.97 Å². The Hall–Kier alpha value is -3.46. The van der Waals surface area contributed by atoms with Crippen molar-refractivity contribution < 1.29 is 24.0 Å². The lowest BCUT2D eigenvalue weighted by molar-refractivity contribution is -0.384. The molecule has 2 aromatic carbocycles. The third-order valence-corrected chi connectivity index (χ3v) is 3.90. The molecule has 1 amide bonds. The van der Waals surface area contributed by atoms with Crippen LogP contribution in [0, 0.1) is 24.0 Å². The molecule has 0 unspecified atom stereocenters. The summed E-state index contributed by atoms with van der Waals surface area (Å²) in [4.78, 5) is 35.0. The summed E-state index contributed by atoms with van der Waals surface area (Å²) in [7, 11) is 1.53. The second-order valence-corrected chi connectivity index (χ2v) is 6.41. The first-order valence-corrected chi connectivity index (χ1v) is 8.86. The molecule has 2 aromatic rings. The predicted octanol–water partition coefficient (Wildman–Crippen LogP) is 3.07. The van der Waals surface area contributed by atoms with Crippen LogP contribution in [-0.2, 0) is 14.3 Å². The maximum atomic E-state index is 12.4. The molecule has 29 heavy (non-hydrogen) atoms. The molecule has 0 radical (unpaired) electrons. The zero-order valence-electron chi connectivity index (χ0n) is 16.5. The van der Waals surface area contributed by atoms with E-state index in [1.54, 1.807) is 12.1 Å². The first kappa shape index (κ1) is 21.8. The van der Waals surface area contributed by atoms with Gasteiger partial charge in [-0.05, 0) is 43.2 Å². The summed E-state index contributed by atoms with van der Waals surface area (Å²) >= 11 is 0. The van der Waals surface area contributed by atoms with E-state index < -0.39 is 23.4 Å². The molecule has 0 aromatic heterocycles. The Kier molecular flexibility index (Phi) is 7.67. The number of hydrogen-bond acceptors (Lipinski definition) is 7. The van der Waals surface area contributed by atoms with E-state index in [4.69, 9.17) is 9.47 Å². The average Bonchev–Trinajstić information content (AvgIpc) is 2.65. The number of nitro benzene ring substituents is 1. The predicted molar refractivity (Wildman–Crippen MR) is 108 cm³/mol. The van der Waals surface area contributed by atoms with E-state index >= 15 is 0 Å². The summed E-state index contributed by atoms with van der Waals surface area (Å²) in [5.74, 6) is -1.35. The highest BCUT2D eigenvalue weighted by molar-refractivity contribution is 5.99. The minimum Gasteiger partial charge on any atom is -0.452 e. The highest BCUT2D eigenvalue weighted by Crippen LogP contribution is 2.23. The zero-order chi connectivity index (χ0) is 21.4. The van der Waals surface area contributed by atoms with Crippen molar-refractivity contribution in [1.82, 2.24) is 0 Å². The number of nitrogens with zero attached hydrogens (tertiary/aromatic N) is 1. The minimum absolute atomic E-state index is 0.0329. The molecular formula is C20H23N3O6. The topological polar surface area (TPSA) is 120 Å². The van der Waals surface area contributed by atoms with Gasteiger partial charge in [0.05, 0.1) is 17.1 Å². The number of methoxy groups -OCH3 is 1. The lowest BCUT2D eigenvalue weighted by Gasteiger charge is -2.12. The van der Waals surface area contributed by atoms with Crippen LogP contribution in [0.3, 0.4) is 0 Å². The number of carbonyl (C=O) groups excluding carboxylic acids is 2. The molecule has 0 heterocycles. The second-order valence-electron chi connectivity index (χ2n) is 6.41. The molecule has 0 fully saturated rings. The van der Waals surface area contributed by atoms with Gasteiger partial charge in [0.15, 0.2) is 6.61 Å². The normalized spacial score (nSPS) is 10.3. The fraction of sp³-hybridized carbons (Fsp3) is 0.300. The van der Waals surface area contributed by atoms with Crippen LogP contribution >= 0.6 is 0 Å². The highest BCUT2D eigenvalue weighted by atomic mass is 16.6.